The number of rotatable bonds is 1. The first-order valence-electron chi connectivity index (χ1n) is 5.67. The second-order valence-electron chi connectivity index (χ2n) is 4.06. The zero-order valence-electron chi connectivity index (χ0n) is 9.45. The summed E-state index contributed by atoms with van der Waals surface area (Å²) in [6.07, 6.45) is 0.945. The SMILES string of the molecule is O=C(c1ccc(F)c(S)c1)N1CCCNCC1. The fourth-order valence-corrected chi connectivity index (χ4v) is 2.09. The third-order valence-electron chi connectivity index (χ3n) is 2.82. The molecular formula is C12H15FN2OS. The minimum absolute atomic E-state index is 0.0519. The molecule has 1 aromatic carbocycles. The van der Waals surface area contributed by atoms with Crippen molar-refractivity contribution in [2.75, 3.05) is 26.2 Å². The zero-order chi connectivity index (χ0) is 12.3. The molecule has 0 saturated carbocycles. The Morgan fingerprint density at radius 2 is 2.18 bits per heavy atom. The fourth-order valence-electron chi connectivity index (χ4n) is 1.88. The number of carbonyl (C=O) groups excluding carboxylic acids is 1. The van der Waals surface area contributed by atoms with Gasteiger partial charge in [0.2, 0.25) is 0 Å². The van der Waals surface area contributed by atoms with Crippen LogP contribution in [0.3, 0.4) is 0 Å². The van der Waals surface area contributed by atoms with Crippen molar-refractivity contribution in [3.63, 3.8) is 0 Å². The Balaban J connectivity index is 2.14. The van der Waals surface area contributed by atoms with Gasteiger partial charge in [-0.25, -0.2) is 4.39 Å². The lowest BCUT2D eigenvalue weighted by molar-refractivity contribution is 0.0766. The van der Waals surface area contributed by atoms with Crippen LogP contribution in [0.25, 0.3) is 0 Å². The highest BCUT2D eigenvalue weighted by Crippen LogP contribution is 2.16. The van der Waals surface area contributed by atoms with Gasteiger partial charge in [0.1, 0.15) is 5.82 Å². The second kappa shape index (κ2) is 5.51. The molecule has 2 rings (SSSR count). The summed E-state index contributed by atoms with van der Waals surface area (Å²) in [5.41, 5.74) is 0.498. The van der Waals surface area contributed by atoms with Gasteiger partial charge in [-0.1, -0.05) is 0 Å². The average Bonchev–Trinajstić information content (AvgIpc) is 2.60. The van der Waals surface area contributed by atoms with Crippen LogP contribution >= 0.6 is 12.6 Å². The number of amides is 1. The van der Waals surface area contributed by atoms with Gasteiger partial charge in [0, 0.05) is 30.1 Å². The van der Waals surface area contributed by atoms with Crippen molar-refractivity contribution in [3.8, 4) is 0 Å². The molecule has 0 aliphatic carbocycles. The lowest BCUT2D eigenvalue weighted by Crippen LogP contribution is -2.34. The van der Waals surface area contributed by atoms with Gasteiger partial charge in [-0.3, -0.25) is 4.79 Å². The van der Waals surface area contributed by atoms with Crippen LogP contribution in [0, 0.1) is 5.82 Å². The van der Waals surface area contributed by atoms with E-state index in [-0.39, 0.29) is 10.8 Å². The summed E-state index contributed by atoms with van der Waals surface area (Å²) in [7, 11) is 0. The molecule has 17 heavy (non-hydrogen) atoms. The van der Waals surface area contributed by atoms with Crippen LogP contribution in [0.15, 0.2) is 23.1 Å². The second-order valence-corrected chi connectivity index (χ2v) is 4.54. The van der Waals surface area contributed by atoms with E-state index in [0.29, 0.717) is 12.1 Å². The number of benzene rings is 1. The summed E-state index contributed by atoms with van der Waals surface area (Å²) in [6.45, 7) is 3.18. The molecule has 1 saturated heterocycles. The summed E-state index contributed by atoms with van der Waals surface area (Å²) in [6, 6.07) is 4.28. The summed E-state index contributed by atoms with van der Waals surface area (Å²) >= 11 is 3.99. The molecule has 1 fully saturated rings. The van der Waals surface area contributed by atoms with Crippen LogP contribution < -0.4 is 5.32 Å². The largest absolute Gasteiger partial charge is 0.337 e. The lowest BCUT2D eigenvalue weighted by atomic mass is 10.2. The van der Waals surface area contributed by atoms with Gasteiger partial charge in [-0.2, -0.15) is 0 Å². The maximum absolute atomic E-state index is 13.1. The Kier molecular flexibility index (Phi) is 4.02. The first-order chi connectivity index (χ1) is 8.18. The highest BCUT2D eigenvalue weighted by molar-refractivity contribution is 7.80. The summed E-state index contributed by atoms with van der Waals surface area (Å²) < 4.78 is 13.1. The van der Waals surface area contributed by atoms with Crippen molar-refractivity contribution >= 4 is 18.5 Å². The fraction of sp³-hybridized carbons (Fsp3) is 0.417. The van der Waals surface area contributed by atoms with Crippen LogP contribution in [-0.4, -0.2) is 37.0 Å². The zero-order valence-corrected chi connectivity index (χ0v) is 10.3. The van der Waals surface area contributed by atoms with Gasteiger partial charge in [-0.05, 0) is 31.2 Å². The van der Waals surface area contributed by atoms with E-state index in [2.05, 4.69) is 17.9 Å². The monoisotopic (exact) mass is 254 g/mol. The van der Waals surface area contributed by atoms with Crippen LogP contribution in [0.5, 0.6) is 0 Å². The minimum Gasteiger partial charge on any atom is -0.337 e. The molecule has 0 spiro atoms. The number of hydrogen-bond acceptors (Lipinski definition) is 3. The normalized spacial score (nSPS) is 16.7. The molecule has 1 aliphatic rings. The van der Waals surface area contributed by atoms with Crippen molar-refractivity contribution in [2.24, 2.45) is 0 Å². The van der Waals surface area contributed by atoms with Gasteiger partial charge in [0.05, 0.1) is 0 Å². The van der Waals surface area contributed by atoms with E-state index in [1.165, 1.54) is 18.2 Å². The molecule has 1 amide bonds. The van der Waals surface area contributed by atoms with Crippen LogP contribution in [-0.2, 0) is 0 Å². The van der Waals surface area contributed by atoms with E-state index >= 15 is 0 Å². The van der Waals surface area contributed by atoms with Gasteiger partial charge < -0.3 is 10.2 Å². The Morgan fingerprint density at radius 3 is 2.94 bits per heavy atom. The van der Waals surface area contributed by atoms with E-state index in [9.17, 15) is 9.18 Å². The summed E-state index contributed by atoms with van der Waals surface area (Å²) in [5.74, 6) is -0.452. The standard InChI is InChI=1S/C12H15FN2OS/c13-10-3-2-9(8-11(10)17)12(16)15-6-1-4-14-5-7-15/h2-3,8,14,17H,1,4-7H2. The van der Waals surface area contributed by atoms with E-state index in [1.807, 2.05) is 0 Å². The number of hydrogen-bond donors (Lipinski definition) is 2. The van der Waals surface area contributed by atoms with Crippen molar-refractivity contribution < 1.29 is 9.18 Å². The van der Waals surface area contributed by atoms with Crippen molar-refractivity contribution in [2.45, 2.75) is 11.3 Å². The predicted molar refractivity (Wildman–Crippen MR) is 67.0 cm³/mol. The number of carbonyl (C=O) groups is 1. The number of nitrogens with zero attached hydrogens (tertiary/aromatic N) is 1. The van der Waals surface area contributed by atoms with E-state index in [4.69, 9.17) is 0 Å². The first kappa shape index (κ1) is 12.4. The van der Waals surface area contributed by atoms with Crippen LogP contribution in [0.4, 0.5) is 4.39 Å². The summed E-state index contributed by atoms with van der Waals surface area (Å²) in [4.78, 5) is 14.2. The number of halogens is 1. The van der Waals surface area contributed by atoms with Gasteiger partial charge >= 0.3 is 0 Å². The first-order valence-corrected chi connectivity index (χ1v) is 6.12. The molecule has 0 aromatic heterocycles. The van der Waals surface area contributed by atoms with Gasteiger partial charge in [0.25, 0.3) is 5.91 Å². The average molecular weight is 254 g/mol. The van der Waals surface area contributed by atoms with Gasteiger partial charge in [-0.15, -0.1) is 12.6 Å². The third kappa shape index (κ3) is 2.98. The van der Waals surface area contributed by atoms with Crippen LogP contribution in [0.2, 0.25) is 0 Å². The highest BCUT2D eigenvalue weighted by atomic mass is 32.1. The highest BCUT2D eigenvalue weighted by Gasteiger charge is 2.17. The van der Waals surface area contributed by atoms with Crippen LogP contribution in [0.1, 0.15) is 16.8 Å². The van der Waals surface area contributed by atoms with E-state index in [0.717, 1.165) is 26.1 Å². The number of thiol groups is 1. The van der Waals surface area contributed by atoms with E-state index in [1.54, 1.807) is 4.90 Å². The third-order valence-corrected chi connectivity index (χ3v) is 3.16. The van der Waals surface area contributed by atoms with Crippen molar-refractivity contribution in [3.05, 3.63) is 29.6 Å². The number of nitrogens with one attached hydrogen (secondary N) is 1. The quantitative estimate of drug-likeness (QED) is 0.745. The van der Waals surface area contributed by atoms with E-state index < -0.39 is 5.82 Å². The molecule has 0 unspecified atom stereocenters. The molecule has 5 heteroatoms. The Hall–Kier alpha value is -1.07. The Bertz CT molecular complexity index is 417. The molecule has 1 aromatic rings. The Morgan fingerprint density at radius 1 is 1.35 bits per heavy atom. The molecule has 0 atom stereocenters. The molecule has 92 valence electrons. The molecule has 1 aliphatic heterocycles. The molecule has 0 bridgehead atoms. The van der Waals surface area contributed by atoms with Crippen molar-refractivity contribution in [1.29, 1.82) is 0 Å². The summed E-state index contributed by atoms with van der Waals surface area (Å²) in [5, 5.41) is 3.24. The maximum atomic E-state index is 13.1. The molecular weight excluding hydrogens is 239 g/mol. The van der Waals surface area contributed by atoms with Crippen molar-refractivity contribution in [1.82, 2.24) is 10.2 Å². The van der Waals surface area contributed by atoms with Gasteiger partial charge in [0.15, 0.2) is 0 Å². The lowest BCUT2D eigenvalue weighted by Gasteiger charge is -2.20. The molecule has 0 radical (unpaired) electrons. The topological polar surface area (TPSA) is 32.3 Å². The molecule has 1 N–H and O–H groups in total. The maximum Gasteiger partial charge on any atom is 0.253 e. The smallest absolute Gasteiger partial charge is 0.253 e. The molecule has 3 nitrogen and oxygen atoms in total. The molecule has 1 heterocycles. The minimum atomic E-state index is -0.401. The predicted octanol–water partition coefficient (Wildman–Crippen LogP) is 1.55. The Labute approximate surface area is 105 Å².